The number of carbonyl (C=O) groups excluding carboxylic acids is 2. The van der Waals surface area contributed by atoms with E-state index < -0.39 is 0 Å². The number of likely N-dealkylation sites (tertiary alicyclic amines) is 1. The third-order valence-electron chi connectivity index (χ3n) is 4.59. The molecule has 27 heavy (non-hydrogen) atoms. The number of primary amides is 1. The molecule has 0 aliphatic carbocycles. The molecule has 1 atom stereocenters. The molecule has 0 bridgehead atoms. The Hall–Kier alpha value is -1.87. The number of hydrogen-bond acceptors (Lipinski definition) is 6. The molecule has 2 N–H and O–H groups in total. The number of rotatable bonds is 7. The molecule has 3 rings (SSSR count). The van der Waals surface area contributed by atoms with Crippen LogP contribution in [0.4, 0.5) is 0 Å². The van der Waals surface area contributed by atoms with E-state index in [2.05, 4.69) is 10.2 Å². The summed E-state index contributed by atoms with van der Waals surface area (Å²) in [6.07, 6.45) is 4.73. The highest BCUT2D eigenvalue weighted by molar-refractivity contribution is 8.00. The summed E-state index contributed by atoms with van der Waals surface area (Å²) in [5, 5.41) is 11.0. The predicted octanol–water partition coefficient (Wildman–Crippen LogP) is 2.77. The zero-order chi connectivity index (χ0) is 19.2. The smallest absolute Gasteiger partial charge is 0.235 e. The second-order valence-electron chi connectivity index (χ2n) is 6.65. The van der Waals surface area contributed by atoms with E-state index in [0.29, 0.717) is 17.5 Å². The van der Waals surface area contributed by atoms with Crippen LogP contribution < -0.4 is 5.73 Å². The number of nitrogens with two attached hydrogens (primary N) is 1. The van der Waals surface area contributed by atoms with Crippen LogP contribution in [-0.4, -0.2) is 49.8 Å². The molecule has 2 amide bonds. The third kappa shape index (κ3) is 5.10. The van der Waals surface area contributed by atoms with E-state index in [9.17, 15) is 9.59 Å². The molecule has 0 saturated carbocycles. The fraction of sp³-hybridized carbons (Fsp3) is 0.556. The Bertz CT molecular complexity index is 767. The first-order valence-corrected chi connectivity index (χ1v) is 11.0. The summed E-state index contributed by atoms with van der Waals surface area (Å²) >= 11 is 2.96. The highest BCUT2D eigenvalue weighted by atomic mass is 32.2. The summed E-state index contributed by atoms with van der Waals surface area (Å²) in [5.41, 5.74) is 5.33. The first kappa shape index (κ1) is 19.9. The topological polar surface area (TPSA) is 94.1 Å². The lowest BCUT2D eigenvalue weighted by Crippen LogP contribution is -2.37. The second kappa shape index (κ2) is 9.36. The molecule has 3 heterocycles. The van der Waals surface area contributed by atoms with Crippen LogP contribution in [-0.2, 0) is 16.1 Å². The zero-order valence-electron chi connectivity index (χ0n) is 15.5. The minimum Gasteiger partial charge on any atom is -0.370 e. The van der Waals surface area contributed by atoms with E-state index in [0.717, 1.165) is 30.8 Å². The molecule has 146 valence electrons. The first-order valence-electron chi connectivity index (χ1n) is 9.27. The van der Waals surface area contributed by atoms with Crippen molar-refractivity contribution in [2.24, 2.45) is 5.73 Å². The molecule has 1 aliphatic heterocycles. The average Bonchev–Trinajstić information content (AvgIpc) is 3.22. The summed E-state index contributed by atoms with van der Waals surface area (Å²) in [4.78, 5) is 27.1. The van der Waals surface area contributed by atoms with E-state index in [1.165, 1.54) is 24.6 Å². The standard InChI is InChI=1S/C18H25N5O2S2/c1-13(17(25)22-9-4-2-3-5-10-22)27-18-21-20-16(14-7-6-12-26-14)23(18)11-8-15(19)24/h6-7,12-13H,2-5,8-11H2,1H3,(H2,19,24). The van der Waals surface area contributed by atoms with Gasteiger partial charge in [-0.05, 0) is 31.2 Å². The van der Waals surface area contributed by atoms with E-state index >= 15 is 0 Å². The van der Waals surface area contributed by atoms with Crippen molar-refractivity contribution < 1.29 is 9.59 Å². The van der Waals surface area contributed by atoms with Crippen molar-refractivity contribution in [2.75, 3.05) is 13.1 Å². The van der Waals surface area contributed by atoms with Crippen molar-refractivity contribution in [2.45, 2.75) is 56.0 Å². The first-order chi connectivity index (χ1) is 13.1. The second-order valence-corrected chi connectivity index (χ2v) is 8.91. The number of thioether (sulfide) groups is 1. The molecule has 7 nitrogen and oxygen atoms in total. The van der Waals surface area contributed by atoms with Gasteiger partial charge in [-0.3, -0.25) is 9.59 Å². The monoisotopic (exact) mass is 407 g/mol. The summed E-state index contributed by atoms with van der Waals surface area (Å²) in [5.74, 6) is 0.484. The summed E-state index contributed by atoms with van der Waals surface area (Å²) in [6, 6.07) is 3.92. The molecule has 1 aliphatic rings. The van der Waals surface area contributed by atoms with Crippen LogP contribution >= 0.6 is 23.1 Å². The number of nitrogens with zero attached hydrogens (tertiary/aromatic N) is 4. The van der Waals surface area contributed by atoms with Crippen LogP contribution in [0.2, 0.25) is 0 Å². The summed E-state index contributed by atoms with van der Waals surface area (Å²) in [7, 11) is 0. The Morgan fingerprint density at radius 1 is 1.26 bits per heavy atom. The lowest BCUT2D eigenvalue weighted by molar-refractivity contribution is -0.130. The molecule has 9 heteroatoms. The minimum atomic E-state index is -0.370. The van der Waals surface area contributed by atoms with Gasteiger partial charge in [-0.25, -0.2) is 0 Å². The van der Waals surface area contributed by atoms with Gasteiger partial charge >= 0.3 is 0 Å². The lowest BCUT2D eigenvalue weighted by Gasteiger charge is -2.23. The molecule has 0 spiro atoms. The van der Waals surface area contributed by atoms with Gasteiger partial charge in [0.1, 0.15) is 0 Å². The summed E-state index contributed by atoms with van der Waals surface area (Å²) < 4.78 is 1.90. The van der Waals surface area contributed by atoms with Gasteiger partial charge in [0, 0.05) is 26.1 Å². The van der Waals surface area contributed by atoms with Crippen molar-refractivity contribution in [3.8, 4) is 10.7 Å². The van der Waals surface area contributed by atoms with Crippen molar-refractivity contribution >= 4 is 34.9 Å². The Kier molecular flexibility index (Phi) is 6.89. The molecule has 0 radical (unpaired) electrons. The van der Waals surface area contributed by atoms with Gasteiger partial charge in [0.25, 0.3) is 0 Å². The van der Waals surface area contributed by atoms with Crippen molar-refractivity contribution in [1.82, 2.24) is 19.7 Å². The van der Waals surface area contributed by atoms with Crippen LogP contribution in [0.1, 0.15) is 39.0 Å². The lowest BCUT2D eigenvalue weighted by atomic mass is 10.2. The molecule has 2 aromatic rings. The van der Waals surface area contributed by atoms with E-state index in [4.69, 9.17) is 5.73 Å². The number of thiophene rings is 1. The summed E-state index contributed by atoms with van der Waals surface area (Å²) in [6.45, 7) is 3.98. The molecule has 2 aromatic heterocycles. The van der Waals surface area contributed by atoms with Crippen LogP contribution in [0.3, 0.4) is 0 Å². The van der Waals surface area contributed by atoms with Crippen molar-refractivity contribution in [3.05, 3.63) is 17.5 Å². The highest BCUT2D eigenvalue weighted by Gasteiger charge is 2.25. The fourth-order valence-corrected chi connectivity index (χ4v) is 4.82. The third-order valence-corrected chi connectivity index (χ3v) is 6.52. The Balaban J connectivity index is 1.76. The number of amides is 2. The van der Waals surface area contributed by atoms with E-state index in [-0.39, 0.29) is 23.5 Å². The molecule has 0 aromatic carbocycles. The van der Waals surface area contributed by atoms with Gasteiger partial charge in [0.15, 0.2) is 11.0 Å². The highest BCUT2D eigenvalue weighted by Crippen LogP contribution is 2.30. The van der Waals surface area contributed by atoms with Crippen LogP contribution in [0, 0.1) is 0 Å². The Morgan fingerprint density at radius 3 is 2.63 bits per heavy atom. The maximum absolute atomic E-state index is 12.8. The molecule has 1 unspecified atom stereocenters. The fourth-order valence-electron chi connectivity index (χ4n) is 3.14. The zero-order valence-corrected chi connectivity index (χ0v) is 17.1. The Labute approximate surface area is 167 Å². The quantitative estimate of drug-likeness (QED) is 0.712. The SMILES string of the molecule is CC(Sc1nnc(-c2cccs2)n1CCC(N)=O)C(=O)N1CCCCCC1. The van der Waals surface area contributed by atoms with Crippen molar-refractivity contribution in [1.29, 1.82) is 0 Å². The Morgan fingerprint density at radius 2 is 2.00 bits per heavy atom. The maximum atomic E-state index is 12.8. The predicted molar refractivity (Wildman–Crippen MR) is 108 cm³/mol. The molecule has 1 fully saturated rings. The molecule has 1 saturated heterocycles. The van der Waals surface area contributed by atoms with Gasteiger partial charge in [0.2, 0.25) is 11.8 Å². The van der Waals surface area contributed by atoms with Crippen molar-refractivity contribution in [3.63, 3.8) is 0 Å². The number of aromatic nitrogens is 3. The number of hydrogen-bond donors (Lipinski definition) is 1. The van der Waals surface area contributed by atoms with Crippen LogP contribution in [0.25, 0.3) is 10.7 Å². The molecular weight excluding hydrogens is 382 g/mol. The van der Waals surface area contributed by atoms with E-state index in [1.807, 2.05) is 33.9 Å². The maximum Gasteiger partial charge on any atom is 0.235 e. The van der Waals surface area contributed by atoms with Gasteiger partial charge in [0.05, 0.1) is 10.1 Å². The average molecular weight is 408 g/mol. The minimum absolute atomic E-state index is 0.143. The van der Waals surface area contributed by atoms with Gasteiger partial charge in [-0.2, -0.15) is 0 Å². The van der Waals surface area contributed by atoms with Gasteiger partial charge < -0.3 is 15.2 Å². The van der Waals surface area contributed by atoms with Gasteiger partial charge in [-0.1, -0.05) is 30.7 Å². The van der Waals surface area contributed by atoms with E-state index in [1.54, 1.807) is 11.3 Å². The van der Waals surface area contributed by atoms with Gasteiger partial charge in [-0.15, -0.1) is 21.5 Å². The normalized spacial score (nSPS) is 16.1. The van der Waals surface area contributed by atoms with Crippen LogP contribution in [0.15, 0.2) is 22.7 Å². The number of carbonyl (C=O) groups is 2. The largest absolute Gasteiger partial charge is 0.370 e. The molecular formula is C18H25N5O2S2. The van der Waals surface area contributed by atoms with Crippen LogP contribution in [0.5, 0.6) is 0 Å².